The van der Waals surface area contributed by atoms with E-state index in [0.29, 0.717) is 19.7 Å². The Kier molecular flexibility index (Phi) is 6.18. The zero-order valence-corrected chi connectivity index (χ0v) is 18.5. The molecule has 2 N–H and O–H groups in total. The van der Waals surface area contributed by atoms with Gasteiger partial charge in [-0.05, 0) is 35.8 Å². The third kappa shape index (κ3) is 3.85. The minimum atomic E-state index is -1.63. The first-order valence-corrected chi connectivity index (χ1v) is 11.0. The van der Waals surface area contributed by atoms with Crippen LogP contribution in [0.2, 0.25) is 0 Å². The molecule has 164 valence electrons. The van der Waals surface area contributed by atoms with E-state index in [4.69, 9.17) is 10.5 Å². The Balaban J connectivity index is 1.81. The van der Waals surface area contributed by atoms with Gasteiger partial charge in [0.2, 0.25) is 0 Å². The molecule has 0 bridgehead atoms. The maximum atomic E-state index is 10.2. The predicted molar refractivity (Wildman–Crippen MR) is 124 cm³/mol. The molecular weight excluding hydrogens is 410 g/mol. The van der Waals surface area contributed by atoms with Gasteiger partial charge in [-0.15, -0.1) is 0 Å². The number of nitriles is 3. The molecule has 2 aromatic carbocycles. The Morgan fingerprint density at radius 1 is 1.06 bits per heavy atom. The van der Waals surface area contributed by atoms with Crippen LogP contribution in [0.4, 0.5) is 0 Å². The molecule has 0 radical (unpaired) electrons. The van der Waals surface area contributed by atoms with Crippen molar-refractivity contribution in [3.63, 3.8) is 0 Å². The number of nitrogens with two attached hydrogens (primary N) is 1. The Hall–Kier alpha value is -4.05. The summed E-state index contributed by atoms with van der Waals surface area (Å²) in [5, 5.41) is 30.4. The van der Waals surface area contributed by atoms with Gasteiger partial charge in [0.05, 0.1) is 30.0 Å². The minimum absolute atomic E-state index is 0.0490. The molecule has 0 spiro atoms. The highest BCUT2D eigenvalue weighted by atomic mass is 16.5. The van der Waals surface area contributed by atoms with Gasteiger partial charge in [0.1, 0.15) is 11.8 Å². The second-order valence-electron chi connectivity index (χ2n) is 8.36. The number of hydrogen-bond donors (Lipinski definition) is 1. The van der Waals surface area contributed by atoms with Crippen LogP contribution < -0.4 is 10.5 Å². The smallest absolute Gasteiger partial charge is 0.191 e. The van der Waals surface area contributed by atoms with Gasteiger partial charge >= 0.3 is 0 Å². The van der Waals surface area contributed by atoms with Gasteiger partial charge in [-0.2, -0.15) is 15.8 Å². The van der Waals surface area contributed by atoms with Crippen LogP contribution in [0, 0.1) is 45.3 Å². The van der Waals surface area contributed by atoms with Gasteiger partial charge in [0.15, 0.2) is 5.41 Å². The summed E-state index contributed by atoms with van der Waals surface area (Å²) >= 11 is 0. The summed E-state index contributed by atoms with van der Waals surface area (Å²) in [5.41, 5.74) is 7.93. The zero-order valence-electron chi connectivity index (χ0n) is 18.5. The first-order valence-electron chi connectivity index (χ1n) is 11.0. The highest BCUT2D eigenvalue weighted by molar-refractivity contribution is 5.59. The summed E-state index contributed by atoms with van der Waals surface area (Å²) in [6.07, 6.45) is 2.03. The van der Waals surface area contributed by atoms with Crippen molar-refractivity contribution in [2.24, 2.45) is 17.1 Å². The van der Waals surface area contributed by atoms with Crippen molar-refractivity contribution < 1.29 is 4.74 Å². The lowest BCUT2D eigenvalue weighted by Crippen LogP contribution is -2.47. The highest BCUT2D eigenvalue weighted by Crippen LogP contribution is 2.54. The Morgan fingerprint density at radius 3 is 2.36 bits per heavy atom. The van der Waals surface area contributed by atoms with E-state index in [-0.39, 0.29) is 17.2 Å². The topological polar surface area (TPSA) is 110 Å². The van der Waals surface area contributed by atoms with Gasteiger partial charge in [-0.3, -0.25) is 4.90 Å². The van der Waals surface area contributed by atoms with Gasteiger partial charge in [0.25, 0.3) is 0 Å². The van der Waals surface area contributed by atoms with Crippen LogP contribution in [0.3, 0.4) is 0 Å². The quantitative estimate of drug-likeness (QED) is 0.760. The third-order valence-corrected chi connectivity index (χ3v) is 6.54. The maximum Gasteiger partial charge on any atom is 0.191 e. The minimum Gasteiger partial charge on any atom is -0.494 e. The average molecular weight is 436 g/mol. The number of hydrogen-bond acceptors (Lipinski definition) is 6. The second-order valence-corrected chi connectivity index (χ2v) is 8.36. The number of nitrogens with zero attached hydrogens (tertiary/aromatic N) is 4. The van der Waals surface area contributed by atoms with Gasteiger partial charge < -0.3 is 10.5 Å². The SMILES string of the molecule is CCOc1ccc(C2C3CN(Cc4ccccc4)CC=C3C(C#N)=C(N)C2(C#N)C#N)cc1. The van der Waals surface area contributed by atoms with E-state index in [1.165, 1.54) is 5.56 Å². The summed E-state index contributed by atoms with van der Waals surface area (Å²) in [4.78, 5) is 2.28. The normalized spacial score (nSPS) is 21.7. The van der Waals surface area contributed by atoms with Crippen molar-refractivity contribution in [3.05, 3.63) is 88.6 Å². The summed E-state index contributed by atoms with van der Waals surface area (Å²) in [7, 11) is 0. The number of allylic oxidation sites excluding steroid dienone is 2. The van der Waals surface area contributed by atoms with E-state index >= 15 is 0 Å². The van der Waals surface area contributed by atoms with Crippen molar-refractivity contribution in [2.75, 3.05) is 19.7 Å². The Labute approximate surface area is 194 Å². The van der Waals surface area contributed by atoms with Crippen molar-refractivity contribution in [1.29, 1.82) is 15.8 Å². The van der Waals surface area contributed by atoms with E-state index in [1.807, 2.05) is 55.5 Å². The second kappa shape index (κ2) is 9.21. The van der Waals surface area contributed by atoms with Crippen molar-refractivity contribution in [3.8, 4) is 24.0 Å². The van der Waals surface area contributed by atoms with Crippen molar-refractivity contribution in [2.45, 2.75) is 19.4 Å². The fraction of sp³-hybridized carbons (Fsp3) is 0.296. The molecule has 33 heavy (non-hydrogen) atoms. The third-order valence-electron chi connectivity index (χ3n) is 6.54. The molecule has 0 aromatic heterocycles. The molecule has 0 saturated heterocycles. The van der Waals surface area contributed by atoms with Crippen LogP contribution in [-0.4, -0.2) is 24.6 Å². The van der Waals surface area contributed by atoms with Gasteiger partial charge in [0, 0.05) is 31.5 Å². The van der Waals surface area contributed by atoms with Crippen molar-refractivity contribution >= 4 is 0 Å². The maximum absolute atomic E-state index is 10.2. The molecule has 0 amide bonds. The Bertz CT molecular complexity index is 1190. The zero-order chi connectivity index (χ0) is 23.4. The molecule has 6 nitrogen and oxygen atoms in total. The molecule has 0 saturated carbocycles. The molecule has 2 aliphatic rings. The molecule has 0 fully saturated rings. The summed E-state index contributed by atoms with van der Waals surface area (Å²) in [6, 6.07) is 24.3. The number of fused-ring (bicyclic) bond motifs is 1. The lowest BCUT2D eigenvalue weighted by atomic mass is 9.58. The molecular formula is C27H25N5O. The van der Waals surface area contributed by atoms with E-state index < -0.39 is 11.3 Å². The standard InChI is InChI=1S/C27H25N5O/c1-2-33-21-10-8-20(9-11-21)25-24-16-32(15-19-6-4-3-5-7-19)13-12-22(24)23(14-28)26(31)27(25,17-29)18-30/h3-12,24-25H,2,13,15-16,31H2,1H3. The molecule has 2 atom stereocenters. The summed E-state index contributed by atoms with van der Waals surface area (Å²) in [6.45, 7) is 4.49. The van der Waals surface area contributed by atoms with Gasteiger partial charge in [-0.1, -0.05) is 48.5 Å². The van der Waals surface area contributed by atoms with Crippen LogP contribution in [-0.2, 0) is 6.54 Å². The van der Waals surface area contributed by atoms with E-state index in [0.717, 1.165) is 23.4 Å². The largest absolute Gasteiger partial charge is 0.494 e. The monoisotopic (exact) mass is 435 g/mol. The molecule has 1 heterocycles. The van der Waals surface area contributed by atoms with E-state index in [1.54, 1.807) is 0 Å². The average Bonchev–Trinajstić information content (AvgIpc) is 2.85. The van der Waals surface area contributed by atoms with Gasteiger partial charge in [-0.25, -0.2) is 0 Å². The fourth-order valence-electron chi connectivity index (χ4n) is 5.02. The molecule has 4 rings (SSSR count). The fourth-order valence-corrected chi connectivity index (χ4v) is 5.02. The molecule has 6 heteroatoms. The molecule has 2 aromatic rings. The predicted octanol–water partition coefficient (Wildman–Crippen LogP) is 4.01. The van der Waals surface area contributed by atoms with E-state index in [2.05, 4.69) is 35.2 Å². The Morgan fingerprint density at radius 2 is 1.76 bits per heavy atom. The first-order chi connectivity index (χ1) is 16.1. The highest BCUT2D eigenvalue weighted by Gasteiger charge is 2.54. The molecule has 1 aliphatic carbocycles. The lowest BCUT2D eigenvalue weighted by molar-refractivity contribution is 0.201. The number of ether oxygens (including phenoxy) is 1. The van der Waals surface area contributed by atoms with E-state index in [9.17, 15) is 15.8 Å². The first kappa shape index (κ1) is 22.2. The summed E-state index contributed by atoms with van der Waals surface area (Å²) in [5.74, 6) is -0.00493. The molecule has 1 aliphatic heterocycles. The van der Waals surface area contributed by atoms with Crippen LogP contribution in [0.25, 0.3) is 0 Å². The molecule has 2 unspecified atom stereocenters. The number of rotatable bonds is 5. The van der Waals surface area contributed by atoms with Crippen LogP contribution in [0.5, 0.6) is 5.75 Å². The van der Waals surface area contributed by atoms with Crippen molar-refractivity contribution in [1.82, 2.24) is 4.90 Å². The van der Waals surface area contributed by atoms with Crippen LogP contribution in [0.15, 0.2) is 77.5 Å². The number of benzene rings is 2. The van der Waals surface area contributed by atoms with Crippen LogP contribution >= 0.6 is 0 Å². The summed E-state index contributed by atoms with van der Waals surface area (Å²) < 4.78 is 5.57. The van der Waals surface area contributed by atoms with Crippen LogP contribution in [0.1, 0.15) is 24.0 Å². The lowest BCUT2D eigenvalue weighted by Gasteiger charge is -2.45.